The highest BCUT2D eigenvalue weighted by molar-refractivity contribution is 7.90. The number of methoxy groups -OCH3 is 1. The summed E-state index contributed by atoms with van der Waals surface area (Å²) in [6, 6.07) is 13.7. The molecule has 2 amide bonds. The highest BCUT2D eigenvalue weighted by atomic mass is 35.5. The van der Waals surface area contributed by atoms with Gasteiger partial charge in [0.2, 0.25) is 0 Å². The Balaban J connectivity index is 1.72. The smallest absolute Gasteiger partial charge is 0.305 e. The molecule has 0 bridgehead atoms. The van der Waals surface area contributed by atoms with E-state index in [0.717, 1.165) is 0 Å². The van der Waals surface area contributed by atoms with Crippen molar-refractivity contribution in [3.8, 4) is 5.75 Å². The first-order valence-electron chi connectivity index (χ1n) is 8.60. The number of nitrogens with one attached hydrogen (secondary N) is 2. The number of carbonyl (C=O) groups excluding carboxylic acids is 2. The number of sulfone groups is 1. The second-order valence-corrected chi connectivity index (χ2v) is 8.53. The Kier molecular flexibility index (Phi) is 6.43. The number of furan rings is 1. The van der Waals surface area contributed by atoms with Gasteiger partial charge in [0.25, 0.3) is 5.91 Å². The molecular formula is C20H17ClN2O6S. The van der Waals surface area contributed by atoms with E-state index >= 15 is 0 Å². The molecule has 1 aromatic heterocycles. The largest absolute Gasteiger partial charge is 0.496 e. The number of hydrogen-bond donors (Lipinski definition) is 2. The maximum atomic E-state index is 12.6. The van der Waals surface area contributed by atoms with Gasteiger partial charge in [0.15, 0.2) is 15.6 Å². The van der Waals surface area contributed by atoms with Crippen molar-refractivity contribution in [2.75, 3.05) is 7.11 Å². The third-order valence-electron chi connectivity index (χ3n) is 4.10. The molecule has 0 radical (unpaired) electrons. The molecule has 30 heavy (non-hydrogen) atoms. The van der Waals surface area contributed by atoms with Crippen molar-refractivity contribution in [3.63, 3.8) is 0 Å². The summed E-state index contributed by atoms with van der Waals surface area (Å²) in [7, 11) is -2.30. The molecule has 2 aromatic carbocycles. The standard InChI is InChI=1S/C20H17ClN2O6S/c1-28-17-8-7-14(21)11-16(17)19(24)22-23-20(25)18-13(9-10-29-18)12-30(26,27)15-5-3-2-4-6-15/h2-11H,12H2,1H3,(H,22,24)(H,23,25). The van der Waals surface area contributed by atoms with Gasteiger partial charge in [0, 0.05) is 10.6 Å². The number of hydrogen-bond acceptors (Lipinski definition) is 6. The first kappa shape index (κ1) is 21.4. The summed E-state index contributed by atoms with van der Waals surface area (Å²) in [4.78, 5) is 24.9. The Labute approximate surface area is 177 Å². The Morgan fingerprint density at radius 2 is 1.73 bits per heavy atom. The lowest BCUT2D eigenvalue weighted by atomic mass is 10.2. The quantitative estimate of drug-likeness (QED) is 0.560. The van der Waals surface area contributed by atoms with E-state index in [9.17, 15) is 18.0 Å². The van der Waals surface area contributed by atoms with Crippen molar-refractivity contribution in [1.82, 2.24) is 10.9 Å². The third-order valence-corrected chi connectivity index (χ3v) is 6.01. The Bertz CT molecular complexity index is 1180. The van der Waals surface area contributed by atoms with E-state index in [-0.39, 0.29) is 27.5 Å². The molecule has 3 aromatic rings. The van der Waals surface area contributed by atoms with Gasteiger partial charge in [-0.05, 0) is 36.4 Å². The SMILES string of the molecule is COc1ccc(Cl)cc1C(=O)NNC(=O)c1occc1CS(=O)(=O)c1ccccc1. The fourth-order valence-electron chi connectivity index (χ4n) is 2.66. The Morgan fingerprint density at radius 1 is 1.03 bits per heavy atom. The van der Waals surface area contributed by atoms with Crippen LogP contribution in [0.5, 0.6) is 5.75 Å². The van der Waals surface area contributed by atoms with Crippen LogP contribution in [0.2, 0.25) is 5.02 Å². The summed E-state index contributed by atoms with van der Waals surface area (Å²) in [6.45, 7) is 0. The second-order valence-electron chi connectivity index (χ2n) is 6.10. The number of carbonyl (C=O) groups is 2. The molecule has 0 saturated heterocycles. The predicted octanol–water partition coefficient (Wildman–Crippen LogP) is 2.99. The van der Waals surface area contributed by atoms with E-state index < -0.39 is 27.4 Å². The van der Waals surface area contributed by atoms with Gasteiger partial charge in [-0.1, -0.05) is 29.8 Å². The molecule has 0 saturated carbocycles. The third kappa shape index (κ3) is 4.81. The first-order chi connectivity index (χ1) is 14.3. The highest BCUT2D eigenvalue weighted by Gasteiger charge is 2.23. The zero-order valence-corrected chi connectivity index (χ0v) is 17.3. The van der Waals surface area contributed by atoms with Gasteiger partial charge in [0.1, 0.15) is 5.75 Å². The van der Waals surface area contributed by atoms with Crippen LogP contribution in [0.15, 0.2) is 70.2 Å². The molecular weight excluding hydrogens is 432 g/mol. The van der Waals surface area contributed by atoms with Crippen LogP contribution in [0.4, 0.5) is 0 Å². The molecule has 0 spiro atoms. The summed E-state index contributed by atoms with van der Waals surface area (Å²) in [6.07, 6.45) is 1.20. The molecule has 2 N–H and O–H groups in total. The lowest BCUT2D eigenvalue weighted by molar-refractivity contribution is 0.0828. The van der Waals surface area contributed by atoms with Crippen molar-refractivity contribution >= 4 is 33.3 Å². The Morgan fingerprint density at radius 3 is 2.43 bits per heavy atom. The molecule has 10 heteroatoms. The van der Waals surface area contributed by atoms with Crippen LogP contribution in [0.3, 0.4) is 0 Å². The molecule has 0 aliphatic rings. The molecule has 0 aliphatic carbocycles. The van der Waals surface area contributed by atoms with Crippen LogP contribution in [-0.2, 0) is 15.6 Å². The van der Waals surface area contributed by atoms with Crippen LogP contribution in [0.25, 0.3) is 0 Å². The number of halogens is 1. The van der Waals surface area contributed by atoms with Gasteiger partial charge in [-0.15, -0.1) is 0 Å². The van der Waals surface area contributed by atoms with Crippen LogP contribution >= 0.6 is 11.6 Å². The molecule has 8 nitrogen and oxygen atoms in total. The Hall–Kier alpha value is -3.30. The van der Waals surface area contributed by atoms with Crippen molar-refractivity contribution in [2.45, 2.75) is 10.6 Å². The van der Waals surface area contributed by atoms with Crippen LogP contribution in [-0.4, -0.2) is 27.3 Å². The van der Waals surface area contributed by atoms with Gasteiger partial charge < -0.3 is 9.15 Å². The van der Waals surface area contributed by atoms with E-state index in [1.165, 1.54) is 43.7 Å². The zero-order chi connectivity index (χ0) is 21.7. The topological polar surface area (TPSA) is 115 Å². The normalized spacial score (nSPS) is 11.0. The van der Waals surface area contributed by atoms with Crippen LogP contribution in [0, 0.1) is 0 Å². The van der Waals surface area contributed by atoms with Crippen molar-refractivity contribution < 1.29 is 27.2 Å². The van der Waals surface area contributed by atoms with E-state index in [2.05, 4.69) is 10.9 Å². The summed E-state index contributed by atoms with van der Waals surface area (Å²) in [5, 5.41) is 0.312. The summed E-state index contributed by atoms with van der Waals surface area (Å²) >= 11 is 5.90. The monoisotopic (exact) mass is 448 g/mol. The van der Waals surface area contributed by atoms with Gasteiger partial charge in [-0.3, -0.25) is 20.4 Å². The lowest BCUT2D eigenvalue weighted by Crippen LogP contribution is -2.42. The molecule has 0 fully saturated rings. The van der Waals surface area contributed by atoms with E-state index in [1.807, 2.05) is 0 Å². The number of hydrazine groups is 1. The van der Waals surface area contributed by atoms with Crippen molar-refractivity contribution in [2.24, 2.45) is 0 Å². The van der Waals surface area contributed by atoms with Gasteiger partial charge in [-0.25, -0.2) is 8.42 Å². The molecule has 3 rings (SSSR count). The first-order valence-corrected chi connectivity index (χ1v) is 10.6. The number of benzene rings is 2. The van der Waals surface area contributed by atoms with E-state index in [4.69, 9.17) is 20.8 Å². The molecule has 156 valence electrons. The minimum Gasteiger partial charge on any atom is -0.496 e. The van der Waals surface area contributed by atoms with Crippen molar-refractivity contribution in [3.05, 3.63) is 82.8 Å². The van der Waals surface area contributed by atoms with Gasteiger partial charge in [-0.2, -0.15) is 0 Å². The minimum absolute atomic E-state index is 0.108. The molecule has 0 aliphatic heterocycles. The summed E-state index contributed by atoms with van der Waals surface area (Å²) in [5.74, 6) is -1.89. The van der Waals surface area contributed by atoms with E-state index in [1.54, 1.807) is 24.3 Å². The average Bonchev–Trinajstić information content (AvgIpc) is 3.19. The number of rotatable bonds is 6. The maximum absolute atomic E-state index is 12.6. The van der Waals surface area contributed by atoms with E-state index in [0.29, 0.717) is 5.02 Å². The fourth-order valence-corrected chi connectivity index (χ4v) is 4.21. The summed E-state index contributed by atoms with van der Waals surface area (Å²) in [5.41, 5.74) is 4.68. The predicted molar refractivity (Wildman–Crippen MR) is 109 cm³/mol. The highest BCUT2D eigenvalue weighted by Crippen LogP contribution is 2.23. The molecule has 0 unspecified atom stereocenters. The van der Waals surface area contributed by atoms with Gasteiger partial charge >= 0.3 is 5.91 Å². The zero-order valence-electron chi connectivity index (χ0n) is 15.7. The fraction of sp³-hybridized carbons (Fsp3) is 0.100. The van der Waals surface area contributed by atoms with Crippen LogP contribution in [0.1, 0.15) is 26.5 Å². The average molecular weight is 449 g/mol. The lowest BCUT2D eigenvalue weighted by Gasteiger charge is -2.10. The molecule has 0 atom stereocenters. The maximum Gasteiger partial charge on any atom is 0.305 e. The van der Waals surface area contributed by atoms with Crippen LogP contribution < -0.4 is 15.6 Å². The number of ether oxygens (including phenoxy) is 1. The molecule has 1 heterocycles. The van der Waals surface area contributed by atoms with Gasteiger partial charge in [0.05, 0.1) is 29.6 Å². The number of amides is 2. The second kappa shape index (κ2) is 9.02. The summed E-state index contributed by atoms with van der Waals surface area (Å²) < 4.78 is 35.4. The van der Waals surface area contributed by atoms with Crippen molar-refractivity contribution in [1.29, 1.82) is 0 Å². The minimum atomic E-state index is -3.69.